The molecule has 0 spiro atoms. The molecular formula is C13H19NO2. The molecule has 0 aliphatic heterocycles. The van der Waals surface area contributed by atoms with Crippen LogP contribution in [0.4, 0.5) is 0 Å². The van der Waals surface area contributed by atoms with E-state index in [2.05, 4.69) is 5.32 Å². The van der Waals surface area contributed by atoms with Crippen molar-refractivity contribution in [2.45, 2.75) is 33.2 Å². The first-order valence-corrected chi connectivity index (χ1v) is 5.57. The fraction of sp³-hybridized carbons (Fsp3) is 0.462. The summed E-state index contributed by atoms with van der Waals surface area (Å²) in [4.78, 5) is 11.9. The number of hydrogen-bond acceptors (Lipinski definition) is 2. The predicted octanol–water partition coefficient (Wildman–Crippen LogP) is 1.80. The van der Waals surface area contributed by atoms with Gasteiger partial charge in [-0.2, -0.15) is 0 Å². The van der Waals surface area contributed by atoms with Crippen molar-refractivity contribution in [2.24, 2.45) is 0 Å². The average Bonchev–Trinajstić information content (AvgIpc) is 2.28. The summed E-state index contributed by atoms with van der Waals surface area (Å²) in [6.45, 7) is 5.78. The molecule has 1 rings (SSSR count). The number of nitrogens with one attached hydrogen (secondary N) is 1. The normalized spacial score (nSPS) is 12.2. The average molecular weight is 221 g/mol. The molecule has 0 saturated heterocycles. The molecule has 2 N–H and O–H groups in total. The van der Waals surface area contributed by atoms with Crippen molar-refractivity contribution in [3.8, 4) is 0 Å². The van der Waals surface area contributed by atoms with Gasteiger partial charge in [-0.05, 0) is 31.9 Å². The number of aliphatic hydroxyl groups excluding tert-OH is 1. The third-order valence-corrected chi connectivity index (χ3v) is 2.69. The second-order valence-corrected chi connectivity index (χ2v) is 4.08. The van der Waals surface area contributed by atoms with Gasteiger partial charge in [-0.15, -0.1) is 0 Å². The molecule has 0 aliphatic rings. The molecule has 88 valence electrons. The predicted molar refractivity (Wildman–Crippen MR) is 64.5 cm³/mol. The highest BCUT2D eigenvalue weighted by molar-refractivity contribution is 5.96. The molecule has 1 atom stereocenters. The van der Waals surface area contributed by atoms with E-state index in [-0.39, 0.29) is 18.6 Å². The number of carbonyl (C=O) groups excluding carboxylic acids is 1. The molecule has 3 nitrogen and oxygen atoms in total. The molecule has 1 aromatic rings. The van der Waals surface area contributed by atoms with Crippen LogP contribution in [0.5, 0.6) is 0 Å². The Hall–Kier alpha value is -1.35. The van der Waals surface area contributed by atoms with Crippen LogP contribution in [-0.4, -0.2) is 23.7 Å². The molecule has 16 heavy (non-hydrogen) atoms. The Bertz CT molecular complexity index is 370. The summed E-state index contributed by atoms with van der Waals surface area (Å²) in [6, 6.07) is 5.63. The zero-order chi connectivity index (χ0) is 12.1. The Balaban J connectivity index is 2.83. The first-order valence-electron chi connectivity index (χ1n) is 5.57. The maximum atomic E-state index is 11.9. The number of benzene rings is 1. The molecule has 1 amide bonds. The number of rotatable bonds is 4. The van der Waals surface area contributed by atoms with E-state index in [1.54, 1.807) is 0 Å². The third kappa shape index (κ3) is 3.07. The maximum Gasteiger partial charge on any atom is 0.251 e. The van der Waals surface area contributed by atoms with Crippen LogP contribution in [-0.2, 0) is 0 Å². The van der Waals surface area contributed by atoms with E-state index in [1.165, 1.54) is 0 Å². The quantitative estimate of drug-likeness (QED) is 0.814. The lowest BCUT2D eigenvalue weighted by molar-refractivity contribution is 0.0914. The van der Waals surface area contributed by atoms with E-state index in [4.69, 9.17) is 5.11 Å². The van der Waals surface area contributed by atoms with E-state index in [0.29, 0.717) is 5.56 Å². The molecular weight excluding hydrogens is 202 g/mol. The third-order valence-electron chi connectivity index (χ3n) is 2.69. The first-order chi connectivity index (χ1) is 7.58. The van der Waals surface area contributed by atoms with E-state index >= 15 is 0 Å². The van der Waals surface area contributed by atoms with Gasteiger partial charge in [-0.1, -0.05) is 24.6 Å². The Kier molecular flexibility index (Phi) is 4.50. The summed E-state index contributed by atoms with van der Waals surface area (Å²) in [6.07, 6.45) is 0.729. The standard InChI is InChI=1S/C13H19NO2/c1-4-11(8-15)14-13(16)12-7-9(2)5-6-10(12)3/h5-7,11,15H,4,8H2,1-3H3,(H,14,16). The highest BCUT2D eigenvalue weighted by atomic mass is 16.3. The summed E-state index contributed by atoms with van der Waals surface area (Å²) < 4.78 is 0. The van der Waals surface area contributed by atoms with Crippen molar-refractivity contribution in [2.75, 3.05) is 6.61 Å². The molecule has 0 radical (unpaired) electrons. The van der Waals surface area contributed by atoms with Crippen LogP contribution in [0.25, 0.3) is 0 Å². The number of amides is 1. The van der Waals surface area contributed by atoms with Crippen LogP contribution in [0.15, 0.2) is 18.2 Å². The zero-order valence-electron chi connectivity index (χ0n) is 10.1. The van der Waals surface area contributed by atoms with Gasteiger partial charge >= 0.3 is 0 Å². The Morgan fingerprint density at radius 3 is 2.69 bits per heavy atom. The van der Waals surface area contributed by atoms with Crippen LogP contribution in [0, 0.1) is 13.8 Å². The Morgan fingerprint density at radius 1 is 1.44 bits per heavy atom. The van der Waals surface area contributed by atoms with Crippen LogP contribution >= 0.6 is 0 Å². The lowest BCUT2D eigenvalue weighted by Crippen LogP contribution is -2.37. The van der Waals surface area contributed by atoms with E-state index in [9.17, 15) is 4.79 Å². The van der Waals surface area contributed by atoms with Crippen molar-refractivity contribution < 1.29 is 9.90 Å². The number of aryl methyl sites for hydroxylation is 2. The minimum Gasteiger partial charge on any atom is -0.394 e. The van der Waals surface area contributed by atoms with Crippen LogP contribution in [0.2, 0.25) is 0 Å². The Labute approximate surface area is 96.5 Å². The topological polar surface area (TPSA) is 49.3 Å². The van der Waals surface area contributed by atoms with Gasteiger partial charge < -0.3 is 10.4 Å². The fourth-order valence-electron chi connectivity index (χ4n) is 1.52. The summed E-state index contributed by atoms with van der Waals surface area (Å²) >= 11 is 0. The lowest BCUT2D eigenvalue weighted by Gasteiger charge is -2.15. The molecule has 0 heterocycles. The smallest absolute Gasteiger partial charge is 0.251 e. The number of aliphatic hydroxyl groups is 1. The molecule has 1 aromatic carbocycles. The molecule has 0 fully saturated rings. The summed E-state index contributed by atoms with van der Waals surface area (Å²) in [5.74, 6) is -0.109. The second-order valence-electron chi connectivity index (χ2n) is 4.08. The van der Waals surface area contributed by atoms with Gasteiger partial charge in [0.15, 0.2) is 0 Å². The van der Waals surface area contributed by atoms with Crippen molar-refractivity contribution in [3.05, 3.63) is 34.9 Å². The van der Waals surface area contributed by atoms with Crippen molar-refractivity contribution in [3.63, 3.8) is 0 Å². The van der Waals surface area contributed by atoms with Gasteiger partial charge in [-0.25, -0.2) is 0 Å². The minimum atomic E-state index is -0.160. The van der Waals surface area contributed by atoms with Gasteiger partial charge in [-0.3, -0.25) is 4.79 Å². The highest BCUT2D eigenvalue weighted by Gasteiger charge is 2.13. The van der Waals surface area contributed by atoms with Gasteiger partial charge in [0.25, 0.3) is 5.91 Å². The molecule has 3 heteroatoms. The molecule has 0 bridgehead atoms. The lowest BCUT2D eigenvalue weighted by atomic mass is 10.0. The highest BCUT2D eigenvalue weighted by Crippen LogP contribution is 2.10. The first kappa shape index (κ1) is 12.7. The minimum absolute atomic E-state index is 0.0207. The van der Waals surface area contributed by atoms with E-state index < -0.39 is 0 Å². The van der Waals surface area contributed by atoms with Crippen LogP contribution in [0.3, 0.4) is 0 Å². The molecule has 0 saturated carbocycles. The molecule has 0 aromatic heterocycles. The monoisotopic (exact) mass is 221 g/mol. The number of carbonyl (C=O) groups is 1. The fourth-order valence-corrected chi connectivity index (χ4v) is 1.52. The maximum absolute atomic E-state index is 11.9. The summed E-state index contributed by atoms with van der Waals surface area (Å²) in [5.41, 5.74) is 2.70. The SMILES string of the molecule is CCC(CO)NC(=O)c1cc(C)ccc1C. The van der Waals surface area contributed by atoms with Crippen molar-refractivity contribution in [1.29, 1.82) is 0 Å². The van der Waals surface area contributed by atoms with Gasteiger partial charge in [0, 0.05) is 5.56 Å². The molecule has 1 unspecified atom stereocenters. The second kappa shape index (κ2) is 5.66. The van der Waals surface area contributed by atoms with Crippen LogP contribution in [0.1, 0.15) is 34.8 Å². The van der Waals surface area contributed by atoms with E-state index in [0.717, 1.165) is 17.5 Å². The van der Waals surface area contributed by atoms with Crippen molar-refractivity contribution in [1.82, 2.24) is 5.32 Å². The van der Waals surface area contributed by atoms with Gasteiger partial charge in [0.2, 0.25) is 0 Å². The summed E-state index contributed by atoms with van der Waals surface area (Å²) in [7, 11) is 0. The largest absolute Gasteiger partial charge is 0.394 e. The summed E-state index contributed by atoms with van der Waals surface area (Å²) in [5, 5.41) is 11.8. The number of hydrogen-bond donors (Lipinski definition) is 2. The zero-order valence-corrected chi connectivity index (χ0v) is 10.1. The van der Waals surface area contributed by atoms with Crippen LogP contribution < -0.4 is 5.32 Å². The van der Waals surface area contributed by atoms with Crippen molar-refractivity contribution >= 4 is 5.91 Å². The van der Waals surface area contributed by atoms with E-state index in [1.807, 2.05) is 39.0 Å². The van der Waals surface area contributed by atoms with Gasteiger partial charge in [0.05, 0.1) is 12.6 Å². The Morgan fingerprint density at radius 2 is 2.12 bits per heavy atom. The molecule has 0 aliphatic carbocycles. The van der Waals surface area contributed by atoms with Gasteiger partial charge in [0.1, 0.15) is 0 Å².